The Morgan fingerprint density at radius 3 is 2.77 bits per heavy atom. The van der Waals surface area contributed by atoms with Crippen LogP contribution in [-0.4, -0.2) is 63.1 Å². The number of imidazole rings is 1. The fourth-order valence-electron chi connectivity index (χ4n) is 4.93. The summed E-state index contributed by atoms with van der Waals surface area (Å²) in [6, 6.07) is 4.98. The van der Waals surface area contributed by atoms with E-state index in [4.69, 9.17) is 0 Å². The lowest BCUT2D eigenvalue weighted by molar-refractivity contribution is -0.119. The molecule has 1 fully saturated rings. The van der Waals surface area contributed by atoms with Crippen LogP contribution in [0.2, 0.25) is 0 Å². The van der Waals surface area contributed by atoms with E-state index in [1.165, 1.54) is 7.11 Å². The molecule has 1 saturated heterocycles. The molecule has 0 radical (unpaired) electrons. The minimum Gasteiger partial charge on any atom is -0.453 e. The summed E-state index contributed by atoms with van der Waals surface area (Å²) in [4.78, 5) is 45.7. The smallest absolute Gasteiger partial charge is 0.411 e. The summed E-state index contributed by atoms with van der Waals surface area (Å²) >= 11 is 0. The predicted molar refractivity (Wildman–Crippen MR) is 143 cm³/mol. The van der Waals surface area contributed by atoms with Gasteiger partial charge in [0.25, 0.3) is 5.91 Å². The normalized spacial score (nSPS) is 20.1. The topological polar surface area (TPSA) is 168 Å². The lowest BCUT2D eigenvalue weighted by atomic mass is 9.99. The molecule has 0 aliphatic carbocycles. The van der Waals surface area contributed by atoms with Gasteiger partial charge in [-0.15, -0.1) is 5.10 Å². The summed E-state index contributed by atoms with van der Waals surface area (Å²) in [5.74, 6) is -0.125. The van der Waals surface area contributed by atoms with Gasteiger partial charge in [0.2, 0.25) is 5.91 Å². The molecule has 5 N–H and O–H groups in total. The highest BCUT2D eigenvalue weighted by Crippen LogP contribution is 2.32. The molecule has 5 rings (SSSR count). The van der Waals surface area contributed by atoms with Crippen LogP contribution in [0.15, 0.2) is 30.6 Å². The minimum atomic E-state index is -0.610. The Labute approximate surface area is 225 Å². The summed E-state index contributed by atoms with van der Waals surface area (Å²) in [6.07, 6.45) is 6.54. The van der Waals surface area contributed by atoms with Crippen molar-refractivity contribution in [3.05, 3.63) is 42.1 Å². The first-order valence-electron chi connectivity index (χ1n) is 13.2. The van der Waals surface area contributed by atoms with Crippen LogP contribution in [0.25, 0.3) is 11.3 Å². The molecule has 3 amide bonds. The number of H-pyrrole nitrogens is 1. The number of fused-ring (bicyclic) bond motifs is 4. The molecule has 13 heteroatoms. The summed E-state index contributed by atoms with van der Waals surface area (Å²) < 4.78 is 6.46. The molecule has 2 atom stereocenters. The average molecular weight is 536 g/mol. The number of carbonyl (C=O) groups excluding carboxylic acids is 3. The second-order valence-electron chi connectivity index (χ2n) is 9.97. The summed E-state index contributed by atoms with van der Waals surface area (Å²) in [5, 5.41) is 20.3. The number of hydrogen-bond donors (Lipinski definition) is 5. The van der Waals surface area contributed by atoms with E-state index in [2.05, 4.69) is 46.3 Å². The number of benzene rings is 1. The van der Waals surface area contributed by atoms with Gasteiger partial charge in [-0.25, -0.2) is 14.5 Å². The van der Waals surface area contributed by atoms with Crippen LogP contribution in [0.4, 0.5) is 16.2 Å². The van der Waals surface area contributed by atoms with Gasteiger partial charge in [-0.1, -0.05) is 18.6 Å². The summed E-state index contributed by atoms with van der Waals surface area (Å²) in [6.45, 7) is 3.70. The molecule has 2 bridgehead atoms. The molecule has 2 aromatic heterocycles. The number of nitrogens with zero attached hydrogens (tertiary/aromatic N) is 4. The molecule has 1 aromatic carbocycles. The Balaban J connectivity index is 1.40. The fraction of sp³-hybridized carbons (Fsp3) is 0.462. The van der Waals surface area contributed by atoms with Crippen molar-refractivity contribution in [2.45, 2.75) is 51.1 Å². The van der Waals surface area contributed by atoms with E-state index < -0.39 is 12.1 Å². The zero-order chi connectivity index (χ0) is 27.4. The second kappa shape index (κ2) is 11.6. The van der Waals surface area contributed by atoms with Crippen molar-refractivity contribution in [3.8, 4) is 11.3 Å². The summed E-state index contributed by atoms with van der Waals surface area (Å²) in [7, 11) is 1.28. The molecule has 13 nitrogen and oxygen atoms in total. The van der Waals surface area contributed by atoms with E-state index in [9.17, 15) is 14.4 Å². The average Bonchev–Trinajstić information content (AvgIpc) is 3.63. The molecule has 0 saturated carbocycles. The Kier molecular flexibility index (Phi) is 7.87. The number of aromatic amines is 1. The van der Waals surface area contributed by atoms with Crippen LogP contribution >= 0.6 is 0 Å². The minimum absolute atomic E-state index is 0.137. The van der Waals surface area contributed by atoms with Crippen molar-refractivity contribution >= 4 is 29.3 Å². The molecular weight excluding hydrogens is 502 g/mol. The predicted octanol–water partition coefficient (Wildman–Crippen LogP) is 3.00. The SMILES string of the molecule is COC(=O)Nc1ccc2c(c1)NC(=O)[C@H](C)CCC[C@H](NC(=O)c1cn(C3CCNCC3)nn1)c1ncc-2[nH]1. The lowest BCUT2D eigenvalue weighted by Gasteiger charge is -2.22. The standard InChI is InChI=1S/C26H33N9O4/c1-15-4-3-5-19(31-25(37)22-14-35(34-33-22)17-8-10-27-11-9-17)23-28-13-21(30-23)18-7-6-16(29-26(38)39-2)12-20(18)32-24(15)36/h6-7,12-15,17,19,27H,3-5,8-11H2,1-2H3,(H,28,30)(H,29,38)(H,31,37)(H,32,36)/t15-,19+/m1/s1. The van der Waals surface area contributed by atoms with Crippen molar-refractivity contribution < 1.29 is 19.1 Å². The molecule has 4 heterocycles. The maximum Gasteiger partial charge on any atom is 0.411 e. The lowest BCUT2D eigenvalue weighted by Crippen LogP contribution is -2.30. The number of carbonyl (C=O) groups is 3. The third kappa shape index (κ3) is 6.08. The monoisotopic (exact) mass is 535 g/mol. The fourth-order valence-corrected chi connectivity index (χ4v) is 4.93. The van der Waals surface area contributed by atoms with Crippen LogP contribution < -0.4 is 21.3 Å². The Morgan fingerprint density at radius 2 is 1.97 bits per heavy atom. The van der Waals surface area contributed by atoms with E-state index in [-0.39, 0.29) is 29.5 Å². The van der Waals surface area contributed by atoms with Crippen molar-refractivity contribution in [3.63, 3.8) is 0 Å². The number of rotatable bonds is 4. The van der Waals surface area contributed by atoms with Crippen LogP contribution in [-0.2, 0) is 9.53 Å². The van der Waals surface area contributed by atoms with E-state index in [1.807, 2.05) is 6.92 Å². The van der Waals surface area contributed by atoms with Gasteiger partial charge >= 0.3 is 6.09 Å². The van der Waals surface area contributed by atoms with Gasteiger partial charge in [-0.3, -0.25) is 14.9 Å². The van der Waals surface area contributed by atoms with Gasteiger partial charge in [0, 0.05) is 17.2 Å². The zero-order valence-electron chi connectivity index (χ0n) is 22.0. The quantitative estimate of drug-likeness (QED) is 0.340. The number of piperidine rings is 1. The van der Waals surface area contributed by atoms with Crippen molar-refractivity contribution in [1.82, 2.24) is 35.6 Å². The number of amides is 3. The van der Waals surface area contributed by atoms with Crippen LogP contribution in [0.3, 0.4) is 0 Å². The number of anilines is 2. The molecule has 206 valence electrons. The molecule has 2 aliphatic rings. The summed E-state index contributed by atoms with van der Waals surface area (Å²) in [5.41, 5.74) is 2.61. The first-order chi connectivity index (χ1) is 18.9. The van der Waals surface area contributed by atoms with Gasteiger partial charge in [0.15, 0.2) is 5.69 Å². The number of hydrogen-bond acceptors (Lipinski definition) is 8. The molecule has 3 aromatic rings. The van der Waals surface area contributed by atoms with Gasteiger partial charge < -0.3 is 25.7 Å². The largest absolute Gasteiger partial charge is 0.453 e. The van der Waals surface area contributed by atoms with E-state index in [0.29, 0.717) is 47.7 Å². The van der Waals surface area contributed by atoms with Crippen molar-refractivity contribution in [2.75, 3.05) is 30.8 Å². The number of methoxy groups -OCH3 is 1. The maximum absolute atomic E-state index is 13.2. The third-order valence-electron chi connectivity index (χ3n) is 7.23. The molecule has 0 unspecified atom stereocenters. The highest BCUT2D eigenvalue weighted by Gasteiger charge is 2.25. The van der Waals surface area contributed by atoms with E-state index in [1.54, 1.807) is 35.3 Å². The molecule has 39 heavy (non-hydrogen) atoms. The maximum atomic E-state index is 13.2. The van der Waals surface area contributed by atoms with Gasteiger partial charge in [0.1, 0.15) is 5.82 Å². The number of aromatic nitrogens is 5. The third-order valence-corrected chi connectivity index (χ3v) is 7.23. The first kappa shape index (κ1) is 26.4. The highest BCUT2D eigenvalue weighted by molar-refractivity contribution is 5.98. The van der Waals surface area contributed by atoms with Crippen LogP contribution in [0.5, 0.6) is 0 Å². The molecule has 2 aliphatic heterocycles. The Bertz CT molecular complexity index is 1340. The number of ether oxygens (including phenoxy) is 1. The zero-order valence-corrected chi connectivity index (χ0v) is 22.0. The van der Waals surface area contributed by atoms with E-state index in [0.717, 1.165) is 25.9 Å². The van der Waals surface area contributed by atoms with Crippen molar-refractivity contribution in [1.29, 1.82) is 0 Å². The van der Waals surface area contributed by atoms with Crippen LogP contribution in [0.1, 0.15) is 67.4 Å². The van der Waals surface area contributed by atoms with Crippen molar-refractivity contribution in [2.24, 2.45) is 5.92 Å². The highest BCUT2D eigenvalue weighted by atomic mass is 16.5. The van der Waals surface area contributed by atoms with Gasteiger partial charge in [-0.2, -0.15) is 0 Å². The van der Waals surface area contributed by atoms with Gasteiger partial charge in [0.05, 0.1) is 43.0 Å². The van der Waals surface area contributed by atoms with E-state index >= 15 is 0 Å². The first-order valence-corrected chi connectivity index (χ1v) is 13.2. The second-order valence-corrected chi connectivity index (χ2v) is 9.97. The number of nitrogens with one attached hydrogen (secondary N) is 5. The Hall–Kier alpha value is -4.26. The molecule has 0 spiro atoms. The Morgan fingerprint density at radius 1 is 1.15 bits per heavy atom. The van der Waals surface area contributed by atoms with Crippen LogP contribution in [0, 0.1) is 5.92 Å². The van der Waals surface area contributed by atoms with Gasteiger partial charge in [-0.05, 0) is 57.0 Å². The molecular formula is C26H33N9O4.